The molecule has 0 spiro atoms. The van der Waals surface area contributed by atoms with Crippen LogP contribution in [0.3, 0.4) is 0 Å². The highest BCUT2D eigenvalue weighted by molar-refractivity contribution is 6.06. The molecule has 1 amide bonds. The van der Waals surface area contributed by atoms with Crippen molar-refractivity contribution in [2.24, 2.45) is 0 Å². The fraction of sp³-hybridized carbons (Fsp3) is 0.333. The van der Waals surface area contributed by atoms with E-state index < -0.39 is 12.1 Å². The molecular formula is C21H23F3N6O4. The molecule has 1 saturated heterocycles. The van der Waals surface area contributed by atoms with E-state index >= 15 is 0 Å². The van der Waals surface area contributed by atoms with Crippen LogP contribution >= 0.6 is 0 Å². The number of amides is 1. The number of hydrogen-bond donors (Lipinski definition) is 3. The average molecular weight is 480 g/mol. The predicted octanol–water partition coefficient (Wildman–Crippen LogP) is 2.34. The lowest BCUT2D eigenvalue weighted by Crippen LogP contribution is -2.43. The molecule has 0 bridgehead atoms. The lowest BCUT2D eigenvalue weighted by atomic mass is 10.2. The number of hydrogen-bond acceptors (Lipinski definition) is 7. The number of aromatic nitrogens is 3. The van der Waals surface area contributed by atoms with Gasteiger partial charge in [0.15, 0.2) is 0 Å². The van der Waals surface area contributed by atoms with Gasteiger partial charge in [0.2, 0.25) is 0 Å². The monoisotopic (exact) mass is 480 g/mol. The molecule has 0 radical (unpaired) electrons. The molecule has 3 N–H and O–H groups in total. The smallest absolute Gasteiger partial charge is 0.490 e. The first-order valence-corrected chi connectivity index (χ1v) is 10.1. The number of aryl methyl sites for hydroxylation is 1. The number of rotatable bonds is 4. The molecule has 0 atom stereocenters. The highest BCUT2D eigenvalue weighted by atomic mass is 19.4. The van der Waals surface area contributed by atoms with Crippen LogP contribution in [0.15, 0.2) is 36.8 Å². The van der Waals surface area contributed by atoms with Crippen molar-refractivity contribution in [3.63, 3.8) is 0 Å². The normalized spacial score (nSPS) is 13.7. The number of halogens is 3. The van der Waals surface area contributed by atoms with Crippen LogP contribution in [0.5, 0.6) is 5.75 Å². The molecular weight excluding hydrogens is 457 g/mol. The van der Waals surface area contributed by atoms with Gasteiger partial charge in [-0.25, -0.2) is 14.8 Å². The number of carboxylic acids is 1. The van der Waals surface area contributed by atoms with Crippen LogP contribution in [-0.2, 0) is 4.79 Å². The van der Waals surface area contributed by atoms with Crippen LogP contribution in [0.4, 0.5) is 24.7 Å². The molecule has 34 heavy (non-hydrogen) atoms. The number of nitrogens with zero attached hydrogens (tertiary/aromatic N) is 4. The first-order chi connectivity index (χ1) is 16.1. The summed E-state index contributed by atoms with van der Waals surface area (Å²) in [5.41, 5.74) is 2.70. The maximum Gasteiger partial charge on any atom is 0.490 e. The molecule has 3 aromatic rings. The van der Waals surface area contributed by atoms with Crippen molar-refractivity contribution < 1.29 is 32.6 Å². The van der Waals surface area contributed by atoms with E-state index in [1.807, 2.05) is 29.7 Å². The predicted molar refractivity (Wildman–Crippen MR) is 117 cm³/mol. The van der Waals surface area contributed by atoms with E-state index in [0.29, 0.717) is 17.0 Å². The summed E-state index contributed by atoms with van der Waals surface area (Å²) < 4.78 is 38.9. The minimum atomic E-state index is -5.08. The number of methoxy groups -OCH3 is 1. The number of carboxylic acid groups (broad SMARTS) is 1. The summed E-state index contributed by atoms with van der Waals surface area (Å²) in [7, 11) is 1.54. The van der Waals surface area contributed by atoms with Crippen LogP contribution < -0.4 is 20.3 Å². The standard InChI is InChI=1S/C19H22N6O2.C2HF3O2/c1-13-11-25-12-15(16(27-2)9-18(25)22-13)19(26)23-14-3-4-17(21-10-14)24-7-5-20-6-8-24;3-2(4,5)1(6)7/h3-4,9-12,20H,5-8H2,1-2H3,(H,23,26);(H,6,7). The minimum absolute atomic E-state index is 0.253. The minimum Gasteiger partial charge on any atom is -0.496 e. The topological polar surface area (TPSA) is 121 Å². The van der Waals surface area contributed by atoms with E-state index in [1.54, 1.807) is 25.6 Å². The third-order valence-corrected chi connectivity index (χ3v) is 4.83. The van der Waals surface area contributed by atoms with Crippen molar-refractivity contribution in [2.75, 3.05) is 43.5 Å². The Bertz CT molecular complexity index is 1160. The van der Waals surface area contributed by atoms with Crippen LogP contribution in [0.25, 0.3) is 5.65 Å². The summed E-state index contributed by atoms with van der Waals surface area (Å²) in [6, 6.07) is 5.56. The first-order valence-electron chi connectivity index (χ1n) is 10.1. The van der Waals surface area contributed by atoms with Gasteiger partial charge in [-0.15, -0.1) is 0 Å². The molecule has 1 aliphatic heterocycles. The van der Waals surface area contributed by atoms with Gasteiger partial charge in [0.25, 0.3) is 5.91 Å². The first kappa shape index (κ1) is 24.8. The average Bonchev–Trinajstić information content (AvgIpc) is 3.18. The summed E-state index contributed by atoms with van der Waals surface area (Å²) >= 11 is 0. The SMILES string of the molecule is COc1cc2nc(C)cn2cc1C(=O)Nc1ccc(N2CCNCC2)nc1.O=C(O)C(F)(F)F. The zero-order chi connectivity index (χ0) is 24.9. The fourth-order valence-corrected chi connectivity index (χ4v) is 3.22. The Hall–Kier alpha value is -3.87. The molecule has 3 aromatic heterocycles. The molecule has 4 rings (SSSR count). The van der Waals surface area contributed by atoms with E-state index in [9.17, 15) is 18.0 Å². The van der Waals surface area contributed by atoms with Gasteiger partial charge in [0.05, 0.1) is 30.3 Å². The number of alkyl halides is 3. The molecule has 10 nitrogen and oxygen atoms in total. The van der Waals surface area contributed by atoms with Gasteiger partial charge in [0.1, 0.15) is 17.2 Å². The van der Waals surface area contributed by atoms with E-state index in [2.05, 4.69) is 25.5 Å². The number of piperazine rings is 1. The van der Waals surface area contributed by atoms with Crippen LogP contribution in [0.2, 0.25) is 0 Å². The second-order valence-corrected chi connectivity index (χ2v) is 7.30. The van der Waals surface area contributed by atoms with Crippen molar-refractivity contribution in [1.82, 2.24) is 19.7 Å². The number of aliphatic carboxylic acids is 1. The maximum absolute atomic E-state index is 12.8. The highest BCUT2D eigenvalue weighted by Gasteiger charge is 2.38. The van der Waals surface area contributed by atoms with E-state index in [1.165, 1.54) is 0 Å². The third-order valence-electron chi connectivity index (χ3n) is 4.83. The van der Waals surface area contributed by atoms with Gasteiger partial charge in [-0.3, -0.25) is 4.79 Å². The van der Waals surface area contributed by atoms with Crippen molar-refractivity contribution in [3.05, 3.63) is 48.0 Å². The van der Waals surface area contributed by atoms with Crippen LogP contribution in [-0.4, -0.2) is 70.8 Å². The van der Waals surface area contributed by atoms with Gasteiger partial charge >= 0.3 is 12.1 Å². The second kappa shape index (κ2) is 10.4. The number of nitrogens with one attached hydrogen (secondary N) is 2. The Morgan fingerprint density at radius 2 is 1.88 bits per heavy atom. The van der Waals surface area contributed by atoms with Crippen LogP contribution in [0.1, 0.15) is 16.1 Å². The third kappa shape index (κ3) is 6.13. The quantitative estimate of drug-likeness (QED) is 0.521. The maximum atomic E-state index is 12.8. The molecule has 1 aliphatic rings. The van der Waals surface area contributed by atoms with Gasteiger partial charge in [0, 0.05) is 44.6 Å². The molecule has 0 aromatic carbocycles. The fourth-order valence-electron chi connectivity index (χ4n) is 3.22. The van der Waals surface area contributed by atoms with E-state index in [4.69, 9.17) is 14.6 Å². The number of carbonyl (C=O) groups excluding carboxylic acids is 1. The molecule has 0 saturated carbocycles. The van der Waals surface area contributed by atoms with Crippen LogP contribution in [0, 0.1) is 6.92 Å². The summed E-state index contributed by atoms with van der Waals surface area (Å²) in [5.74, 6) is -1.61. The molecule has 13 heteroatoms. The summed E-state index contributed by atoms with van der Waals surface area (Å²) in [5, 5.41) is 13.3. The summed E-state index contributed by atoms with van der Waals surface area (Å²) in [6.07, 6.45) is 0.197. The Kier molecular flexibility index (Phi) is 7.56. The van der Waals surface area contributed by atoms with E-state index in [0.717, 1.165) is 43.3 Å². The number of fused-ring (bicyclic) bond motifs is 1. The van der Waals surface area contributed by atoms with Crippen molar-refractivity contribution in [3.8, 4) is 5.75 Å². The van der Waals surface area contributed by atoms with Gasteiger partial charge in [-0.05, 0) is 19.1 Å². The number of pyridine rings is 2. The number of imidazole rings is 1. The Morgan fingerprint density at radius 3 is 2.44 bits per heavy atom. The molecule has 182 valence electrons. The van der Waals surface area contributed by atoms with Gasteiger partial charge < -0.3 is 29.8 Å². The largest absolute Gasteiger partial charge is 0.496 e. The lowest BCUT2D eigenvalue weighted by molar-refractivity contribution is -0.192. The molecule has 4 heterocycles. The van der Waals surface area contributed by atoms with E-state index in [-0.39, 0.29) is 5.91 Å². The zero-order valence-corrected chi connectivity index (χ0v) is 18.4. The molecule has 0 unspecified atom stereocenters. The molecule has 0 aliphatic carbocycles. The van der Waals surface area contributed by atoms with Crippen molar-refractivity contribution in [1.29, 1.82) is 0 Å². The second-order valence-electron chi connectivity index (χ2n) is 7.30. The van der Waals surface area contributed by atoms with Crippen molar-refractivity contribution in [2.45, 2.75) is 13.1 Å². The lowest BCUT2D eigenvalue weighted by Gasteiger charge is -2.28. The number of carbonyl (C=O) groups is 2. The molecule has 1 fully saturated rings. The Morgan fingerprint density at radius 1 is 1.21 bits per heavy atom. The van der Waals surface area contributed by atoms with Crippen molar-refractivity contribution >= 4 is 29.0 Å². The summed E-state index contributed by atoms with van der Waals surface area (Å²) in [4.78, 5) is 32.8. The highest BCUT2D eigenvalue weighted by Crippen LogP contribution is 2.23. The summed E-state index contributed by atoms with van der Waals surface area (Å²) in [6.45, 7) is 5.68. The zero-order valence-electron chi connectivity index (χ0n) is 18.4. The van der Waals surface area contributed by atoms with Gasteiger partial charge in [-0.2, -0.15) is 13.2 Å². The number of ether oxygens (including phenoxy) is 1. The number of anilines is 2. The van der Waals surface area contributed by atoms with Gasteiger partial charge in [-0.1, -0.05) is 0 Å². The Labute approximate surface area is 192 Å². The Balaban J connectivity index is 0.000000406.